The van der Waals surface area contributed by atoms with Crippen LogP contribution >= 0.6 is 0 Å². The Morgan fingerprint density at radius 2 is 1.16 bits per heavy atom. The third kappa shape index (κ3) is 4.88. The van der Waals surface area contributed by atoms with Crippen LogP contribution in [0.4, 0.5) is 0 Å². The normalized spacial score (nSPS) is 16.3. The van der Waals surface area contributed by atoms with Crippen molar-refractivity contribution in [2.45, 2.75) is 28.7 Å². The summed E-state index contributed by atoms with van der Waals surface area (Å²) in [6.07, 6.45) is 0.848. The van der Waals surface area contributed by atoms with Gasteiger partial charge in [-0.15, -0.1) is 0 Å². The fraction of sp³-hybridized carbons (Fsp3) is 0.217. The monoisotopic (exact) mass is 456 g/mol. The third-order valence-corrected chi connectivity index (χ3v) is 8.88. The summed E-state index contributed by atoms with van der Waals surface area (Å²) in [4.78, 5) is 0.457. The van der Waals surface area contributed by atoms with Gasteiger partial charge in [-0.2, -0.15) is 4.31 Å². The van der Waals surface area contributed by atoms with Gasteiger partial charge in [0, 0.05) is 19.1 Å². The molecule has 0 bridgehead atoms. The van der Waals surface area contributed by atoms with E-state index >= 15 is 0 Å². The molecule has 1 aliphatic heterocycles. The van der Waals surface area contributed by atoms with Gasteiger partial charge in [-0.05, 0) is 48.2 Å². The minimum absolute atomic E-state index is 0.212. The molecule has 0 aliphatic carbocycles. The highest BCUT2D eigenvalue weighted by atomic mass is 32.2. The summed E-state index contributed by atoms with van der Waals surface area (Å²) in [6, 6.07) is 24.5. The molecule has 0 unspecified atom stereocenters. The molecule has 1 N–H and O–H groups in total. The predicted octanol–water partition coefficient (Wildman–Crippen LogP) is 3.49. The zero-order valence-electron chi connectivity index (χ0n) is 16.9. The highest BCUT2D eigenvalue weighted by molar-refractivity contribution is 7.89. The molecule has 1 fully saturated rings. The van der Waals surface area contributed by atoms with E-state index in [1.54, 1.807) is 42.5 Å². The van der Waals surface area contributed by atoms with Crippen molar-refractivity contribution >= 4 is 20.0 Å². The van der Waals surface area contributed by atoms with Crippen molar-refractivity contribution in [3.05, 3.63) is 84.9 Å². The van der Waals surface area contributed by atoms with Gasteiger partial charge < -0.3 is 0 Å². The molecule has 0 amide bonds. The second-order valence-corrected chi connectivity index (χ2v) is 11.2. The van der Waals surface area contributed by atoms with Gasteiger partial charge in [-0.1, -0.05) is 60.7 Å². The molecule has 1 saturated heterocycles. The molecule has 0 radical (unpaired) electrons. The first-order valence-corrected chi connectivity index (χ1v) is 13.0. The van der Waals surface area contributed by atoms with Gasteiger partial charge in [0.05, 0.1) is 9.79 Å². The maximum atomic E-state index is 13.0. The standard InChI is InChI=1S/C23H24N2O4S2/c26-30(27,22-9-5-2-6-10-22)24-21-15-17-25(18-16-21)31(28,29)23-13-11-20(12-14-23)19-7-3-1-4-8-19/h1-14,21,24H,15-18H2. The lowest BCUT2D eigenvalue weighted by molar-refractivity contribution is 0.308. The molecule has 1 aliphatic rings. The molecule has 8 heteroatoms. The molecule has 1 heterocycles. The average molecular weight is 457 g/mol. The Kier molecular flexibility index (Phi) is 6.24. The number of piperidine rings is 1. The lowest BCUT2D eigenvalue weighted by Crippen LogP contribution is -2.46. The van der Waals surface area contributed by atoms with Crippen LogP contribution in [0.15, 0.2) is 94.7 Å². The van der Waals surface area contributed by atoms with Crippen molar-refractivity contribution < 1.29 is 16.8 Å². The smallest absolute Gasteiger partial charge is 0.208 e. The van der Waals surface area contributed by atoms with Crippen molar-refractivity contribution in [1.29, 1.82) is 0 Å². The van der Waals surface area contributed by atoms with Crippen LogP contribution in [0.25, 0.3) is 11.1 Å². The number of sulfonamides is 2. The van der Waals surface area contributed by atoms with Gasteiger partial charge in [0.2, 0.25) is 20.0 Å². The van der Waals surface area contributed by atoms with E-state index < -0.39 is 20.0 Å². The van der Waals surface area contributed by atoms with Crippen LogP contribution < -0.4 is 4.72 Å². The predicted molar refractivity (Wildman–Crippen MR) is 120 cm³/mol. The third-order valence-electron chi connectivity index (χ3n) is 5.43. The Hall–Kier alpha value is -2.52. The number of hydrogen-bond donors (Lipinski definition) is 1. The van der Waals surface area contributed by atoms with Crippen LogP contribution in [-0.2, 0) is 20.0 Å². The Morgan fingerprint density at radius 3 is 1.74 bits per heavy atom. The van der Waals surface area contributed by atoms with E-state index in [0.717, 1.165) is 11.1 Å². The fourth-order valence-electron chi connectivity index (χ4n) is 3.70. The molecule has 3 aromatic carbocycles. The molecular formula is C23H24N2O4S2. The first-order valence-electron chi connectivity index (χ1n) is 10.1. The van der Waals surface area contributed by atoms with Crippen LogP contribution in [0.1, 0.15) is 12.8 Å². The summed E-state index contributed by atoms with van der Waals surface area (Å²) in [7, 11) is -7.24. The molecule has 0 saturated carbocycles. The van der Waals surface area contributed by atoms with Gasteiger partial charge in [0.15, 0.2) is 0 Å². The maximum absolute atomic E-state index is 13.0. The van der Waals surface area contributed by atoms with Crippen molar-refractivity contribution in [2.75, 3.05) is 13.1 Å². The summed E-state index contributed by atoms with van der Waals surface area (Å²) < 4.78 is 55.2. The first-order chi connectivity index (χ1) is 14.9. The number of benzene rings is 3. The molecular weight excluding hydrogens is 432 g/mol. The van der Waals surface area contributed by atoms with Crippen LogP contribution in [0.3, 0.4) is 0 Å². The minimum atomic E-state index is -3.62. The highest BCUT2D eigenvalue weighted by Gasteiger charge is 2.31. The quantitative estimate of drug-likeness (QED) is 0.616. The van der Waals surface area contributed by atoms with E-state index in [9.17, 15) is 16.8 Å². The van der Waals surface area contributed by atoms with E-state index in [1.807, 2.05) is 42.5 Å². The van der Waals surface area contributed by atoms with Gasteiger partial charge >= 0.3 is 0 Å². The lowest BCUT2D eigenvalue weighted by atomic mass is 10.1. The number of nitrogens with zero attached hydrogens (tertiary/aromatic N) is 1. The van der Waals surface area contributed by atoms with Gasteiger partial charge in [0.25, 0.3) is 0 Å². The highest BCUT2D eigenvalue weighted by Crippen LogP contribution is 2.25. The summed E-state index contributed by atoms with van der Waals surface area (Å²) in [5.41, 5.74) is 1.98. The number of nitrogens with one attached hydrogen (secondary N) is 1. The summed E-state index contributed by atoms with van der Waals surface area (Å²) in [5.74, 6) is 0. The van der Waals surface area contributed by atoms with E-state index in [1.165, 1.54) is 4.31 Å². The van der Waals surface area contributed by atoms with E-state index in [2.05, 4.69) is 4.72 Å². The lowest BCUT2D eigenvalue weighted by Gasteiger charge is -2.31. The van der Waals surface area contributed by atoms with Gasteiger partial charge in [0.1, 0.15) is 0 Å². The molecule has 162 valence electrons. The Bertz CT molecular complexity index is 1220. The minimum Gasteiger partial charge on any atom is -0.208 e. The van der Waals surface area contributed by atoms with Crippen molar-refractivity contribution in [3.63, 3.8) is 0 Å². The SMILES string of the molecule is O=S(=O)(NC1CCN(S(=O)(=O)c2ccc(-c3ccccc3)cc2)CC1)c1ccccc1. The first kappa shape index (κ1) is 21.7. The molecule has 0 atom stereocenters. The summed E-state index contributed by atoms with van der Waals surface area (Å²) >= 11 is 0. The van der Waals surface area contributed by atoms with Gasteiger partial charge in [-0.3, -0.25) is 0 Å². The maximum Gasteiger partial charge on any atom is 0.243 e. The zero-order chi connectivity index (χ0) is 21.9. The number of hydrogen-bond acceptors (Lipinski definition) is 4. The second-order valence-electron chi connectivity index (χ2n) is 7.50. The van der Waals surface area contributed by atoms with E-state index in [4.69, 9.17) is 0 Å². The topological polar surface area (TPSA) is 83.6 Å². The van der Waals surface area contributed by atoms with Crippen molar-refractivity contribution in [2.24, 2.45) is 0 Å². The van der Waals surface area contributed by atoms with Crippen LogP contribution in [0.2, 0.25) is 0 Å². The number of rotatable bonds is 6. The van der Waals surface area contributed by atoms with Crippen molar-refractivity contribution in [1.82, 2.24) is 9.03 Å². The van der Waals surface area contributed by atoms with Crippen LogP contribution in [0, 0.1) is 0 Å². The largest absolute Gasteiger partial charge is 0.243 e. The summed E-state index contributed by atoms with van der Waals surface area (Å²) in [5, 5.41) is 0. The molecule has 6 nitrogen and oxygen atoms in total. The van der Waals surface area contributed by atoms with E-state index in [-0.39, 0.29) is 28.9 Å². The average Bonchev–Trinajstić information content (AvgIpc) is 2.80. The molecule has 0 aromatic heterocycles. The summed E-state index contributed by atoms with van der Waals surface area (Å²) in [6.45, 7) is 0.537. The Balaban J connectivity index is 1.41. The molecule has 4 rings (SSSR count). The van der Waals surface area contributed by atoms with E-state index in [0.29, 0.717) is 12.8 Å². The molecule has 0 spiro atoms. The Morgan fingerprint density at radius 1 is 0.645 bits per heavy atom. The van der Waals surface area contributed by atoms with Crippen LogP contribution in [-0.4, -0.2) is 40.3 Å². The fourth-order valence-corrected chi connectivity index (χ4v) is 6.50. The second kappa shape index (κ2) is 8.92. The zero-order valence-corrected chi connectivity index (χ0v) is 18.5. The van der Waals surface area contributed by atoms with Crippen LogP contribution in [0.5, 0.6) is 0 Å². The molecule has 3 aromatic rings. The Labute approximate surface area is 183 Å². The van der Waals surface area contributed by atoms with Gasteiger partial charge in [-0.25, -0.2) is 21.6 Å². The molecule has 31 heavy (non-hydrogen) atoms. The van der Waals surface area contributed by atoms with Crippen molar-refractivity contribution in [3.8, 4) is 11.1 Å².